The summed E-state index contributed by atoms with van der Waals surface area (Å²) in [5, 5.41) is 12.7. The average Bonchev–Trinajstić information content (AvgIpc) is 1.62. The highest BCUT2D eigenvalue weighted by Crippen LogP contribution is 2.45. The molecular formula is C62H96ClF6N11O11. The number of fused-ring (bicyclic) bond motifs is 1. The summed E-state index contributed by atoms with van der Waals surface area (Å²) in [7, 11) is 6.73. The van der Waals surface area contributed by atoms with Gasteiger partial charge in [0.1, 0.15) is 41.8 Å². The van der Waals surface area contributed by atoms with Crippen molar-refractivity contribution in [1.82, 2.24) is 56.0 Å². The molecule has 29 heteroatoms. The number of likely N-dealkylation sites (N-methyl/N-ethyl adjacent to an activating group) is 5. The van der Waals surface area contributed by atoms with Crippen LogP contribution in [0.2, 0.25) is 0 Å². The molecule has 0 aromatic carbocycles. The second-order valence-corrected chi connectivity index (χ2v) is 27.5. The Morgan fingerprint density at radius 3 is 1.76 bits per heavy atom. The molecule has 5 N–H and O–H groups in total. The Morgan fingerprint density at radius 2 is 1.19 bits per heavy atom. The molecule has 6 aliphatic rings. The van der Waals surface area contributed by atoms with Crippen LogP contribution in [0.3, 0.4) is 0 Å². The summed E-state index contributed by atoms with van der Waals surface area (Å²) in [6, 6.07) is -8.15. The van der Waals surface area contributed by atoms with Gasteiger partial charge in [-0.05, 0) is 147 Å². The number of rotatable bonds is 8. The van der Waals surface area contributed by atoms with E-state index < -0.39 is 180 Å². The average molecular weight is 1320 g/mol. The van der Waals surface area contributed by atoms with Crippen LogP contribution >= 0.6 is 11.6 Å². The van der Waals surface area contributed by atoms with Crippen LogP contribution in [0.5, 0.6) is 0 Å². The lowest BCUT2D eigenvalue weighted by molar-refractivity contribution is -0.184. The molecule has 0 aromatic heterocycles. The maximum Gasteiger partial charge on any atom is 0.393 e. The summed E-state index contributed by atoms with van der Waals surface area (Å²) < 4.78 is 82.9. The Hall–Kier alpha value is -5.96. The Kier molecular flexibility index (Phi) is 25.9. The zero-order valence-electron chi connectivity index (χ0n) is 54.1. The fourth-order valence-electron chi connectivity index (χ4n) is 14.1. The first-order valence-electron chi connectivity index (χ1n) is 32.4. The number of nitrogens with one attached hydrogen (secondary N) is 5. The summed E-state index contributed by atoms with van der Waals surface area (Å²) >= 11 is 6.32. The molecule has 0 aromatic rings. The zero-order valence-corrected chi connectivity index (χ0v) is 54.8. The van der Waals surface area contributed by atoms with Gasteiger partial charge in [-0.15, -0.1) is 11.6 Å². The number of halogens is 7. The quantitative estimate of drug-likeness (QED) is 0.163. The lowest BCUT2D eigenvalue weighted by atomic mass is 9.74. The minimum Gasteiger partial charge on any atom is -0.351 e. The van der Waals surface area contributed by atoms with Crippen LogP contribution in [0.4, 0.5) is 26.3 Å². The van der Waals surface area contributed by atoms with E-state index in [-0.39, 0.29) is 102 Å². The molecule has 0 radical (unpaired) electrons. The SMILES string of the molecule is CC[C@H](C)[C@@H]1NC(=O)[C@H](C)N(C)C(=O)C[C@@H](C)NC(=O)[C@H](C2CCCC2)N(C)C(=O)C2(CCC2)NC(=O)[C@@H]2CCCN2C(=O)[C@H](CCC2CCC(C(F)(F)F)C(Cl)C2)NC(=O)CN(C)C(=O)[C@H](CC2CCC(C(F)(F)F)CC2)NC(=O)CN(C)C(=O)CN(C)C1=O. The third kappa shape index (κ3) is 19.1. The van der Waals surface area contributed by atoms with Gasteiger partial charge in [0.2, 0.25) is 65.0 Å². The van der Waals surface area contributed by atoms with Crippen molar-refractivity contribution in [3.05, 3.63) is 0 Å². The predicted octanol–water partition coefficient (Wildman–Crippen LogP) is 4.79. The Morgan fingerprint density at radius 1 is 0.593 bits per heavy atom. The van der Waals surface area contributed by atoms with Gasteiger partial charge in [-0.2, -0.15) is 26.3 Å². The number of carbonyl (C=O) groups excluding carboxylic acids is 11. The summed E-state index contributed by atoms with van der Waals surface area (Å²) in [4.78, 5) is 164. The van der Waals surface area contributed by atoms with E-state index in [9.17, 15) is 79.1 Å². The molecule has 11 atom stereocenters. The Balaban J connectivity index is 1.32. The third-order valence-electron chi connectivity index (χ3n) is 20.3. The van der Waals surface area contributed by atoms with Gasteiger partial charge in [-0.1, -0.05) is 33.1 Å². The van der Waals surface area contributed by atoms with E-state index in [0.717, 1.165) is 27.5 Å². The maximum absolute atomic E-state index is 15.0. The second kappa shape index (κ2) is 31.8. The molecule has 6 fully saturated rings. The molecule has 3 unspecified atom stereocenters. The smallest absolute Gasteiger partial charge is 0.351 e. The minimum atomic E-state index is -4.53. The molecule has 6 rings (SSSR count). The largest absolute Gasteiger partial charge is 0.393 e. The molecule has 22 nitrogen and oxygen atoms in total. The molecule has 91 heavy (non-hydrogen) atoms. The lowest BCUT2D eigenvalue weighted by Gasteiger charge is -2.46. The van der Waals surface area contributed by atoms with E-state index in [4.69, 9.17) is 11.6 Å². The van der Waals surface area contributed by atoms with Crippen LogP contribution < -0.4 is 26.6 Å². The van der Waals surface area contributed by atoms with E-state index in [0.29, 0.717) is 32.1 Å². The summed E-state index contributed by atoms with van der Waals surface area (Å²) in [5.41, 5.74) is -1.47. The van der Waals surface area contributed by atoms with Gasteiger partial charge in [0.15, 0.2) is 0 Å². The Labute approximate surface area is 534 Å². The molecular weight excluding hydrogens is 1220 g/mol. The highest BCUT2D eigenvalue weighted by Gasteiger charge is 2.53. The third-order valence-corrected chi connectivity index (χ3v) is 20.8. The lowest BCUT2D eigenvalue weighted by Crippen LogP contribution is -2.68. The normalized spacial score (nSPS) is 32.0. The minimum absolute atomic E-state index is 0.0378. The first kappa shape index (κ1) is 74.1. The molecule has 0 bridgehead atoms. The highest BCUT2D eigenvalue weighted by atomic mass is 35.5. The van der Waals surface area contributed by atoms with Crippen LogP contribution in [0, 0.1) is 35.5 Å². The molecule has 4 saturated carbocycles. The number of hydrogen-bond acceptors (Lipinski definition) is 11. The number of nitrogens with zero attached hydrogens (tertiary/aromatic N) is 6. The van der Waals surface area contributed by atoms with E-state index in [1.54, 1.807) is 20.8 Å². The standard InChI is InChI=1S/C62H96ClF6N11O11/c1-10-35(2)51-58(90)77(7)34-50(84)75(5)32-47(81)72-45(31-39-18-22-41(23-19-39)61(64,65)66)56(88)76(6)33-48(82)71-44(25-21-38-20-24-42(43(63)30-38)62(67,68)69)57(89)80-28-13-17-46(80)54(86)74-60(26-14-27-60)59(91)79(9)52(40-15-11-12-16-40)55(87)70-36(3)29-49(83)78(8)37(4)53(85)73-51/h35-46,51-52H,10-34H2,1-9H3,(H,70,87)(H,71,82)(H,72,81)(H,73,85)(H,74,86)/t35-,36+,37-,38?,39?,41?,42?,43?,44-,45-,46-,51-,52-/m0/s1. The molecule has 4 aliphatic carbocycles. The van der Waals surface area contributed by atoms with E-state index in [1.807, 2.05) is 0 Å². The van der Waals surface area contributed by atoms with Crippen LogP contribution in [0.1, 0.15) is 163 Å². The molecule has 514 valence electrons. The van der Waals surface area contributed by atoms with Gasteiger partial charge in [0.05, 0.1) is 31.5 Å². The topological polar surface area (TPSA) is 267 Å². The van der Waals surface area contributed by atoms with Crippen molar-refractivity contribution in [2.75, 3.05) is 61.4 Å². The Bertz CT molecular complexity index is 2640. The van der Waals surface area contributed by atoms with Gasteiger partial charge < -0.3 is 56.0 Å². The maximum atomic E-state index is 15.0. The second-order valence-electron chi connectivity index (χ2n) is 27.0. The predicted molar refractivity (Wildman–Crippen MR) is 322 cm³/mol. The van der Waals surface area contributed by atoms with Crippen molar-refractivity contribution in [3.63, 3.8) is 0 Å². The van der Waals surface area contributed by atoms with Crippen molar-refractivity contribution >= 4 is 76.6 Å². The summed E-state index contributed by atoms with van der Waals surface area (Å²) in [5.74, 6) is -12.7. The van der Waals surface area contributed by atoms with Crippen molar-refractivity contribution < 1.29 is 79.1 Å². The zero-order chi connectivity index (χ0) is 67.6. The number of carbonyl (C=O) groups is 11. The van der Waals surface area contributed by atoms with Crippen LogP contribution in [-0.2, 0) is 52.7 Å². The van der Waals surface area contributed by atoms with Crippen molar-refractivity contribution in [1.29, 1.82) is 0 Å². The fraction of sp³-hybridized carbons (Fsp3) is 0.823. The van der Waals surface area contributed by atoms with Crippen molar-refractivity contribution in [3.8, 4) is 0 Å². The number of amides is 11. The van der Waals surface area contributed by atoms with Crippen molar-refractivity contribution in [2.24, 2.45) is 35.5 Å². The molecule has 11 amide bonds. The number of alkyl halides is 7. The van der Waals surface area contributed by atoms with Crippen molar-refractivity contribution in [2.45, 2.75) is 228 Å². The molecule has 2 aliphatic heterocycles. The first-order valence-corrected chi connectivity index (χ1v) is 32.9. The van der Waals surface area contributed by atoms with Gasteiger partial charge in [-0.25, -0.2) is 0 Å². The van der Waals surface area contributed by atoms with Gasteiger partial charge in [0.25, 0.3) is 0 Å². The first-order chi connectivity index (χ1) is 42.6. The summed E-state index contributed by atoms with van der Waals surface area (Å²) in [6.07, 6.45) is -5.32. The van der Waals surface area contributed by atoms with Crippen LogP contribution in [0.15, 0.2) is 0 Å². The van der Waals surface area contributed by atoms with Gasteiger partial charge in [0, 0.05) is 59.6 Å². The van der Waals surface area contributed by atoms with Gasteiger partial charge in [-0.3, -0.25) is 52.7 Å². The highest BCUT2D eigenvalue weighted by molar-refractivity contribution is 6.20. The fourth-order valence-corrected chi connectivity index (χ4v) is 14.6. The molecule has 2 saturated heterocycles. The molecule has 2 heterocycles. The van der Waals surface area contributed by atoms with Crippen LogP contribution in [-0.4, -0.2) is 221 Å². The van der Waals surface area contributed by atoms with E-state index >= 15 is 0 Å². The monoisotopic (exact) mass is 1320 g/mol. The van der Waals surface area contributed by atoms with E-state index in [1.165, 1.54) is 56.9 Å². The van der Waals surface area contributed by atoms with E-state index in [2.05, 4.69) is 26.6 Å². The summed E-state index contributed by atoms with van der Waals surface area (Å²) in [6.45, 7) is 4.63. The molecule has 1 spiro atoms. The number of hydrogen-bond donors (Lipinski definition) is 5. The van der Waals surface area contributed by atoms with Gasteiger partial charge >= 0.3 is 12.4 Å². The van der Waals surface area contributed by atoms with Crippen LogP contribution in [0.25, 0.3) is 0 Å².